The van der Waals surface area contributed by atoms with Crippen LogP contribution in [0.1, 0.15) is 55.6 Å². The Hall–Kier alpha value is -4.42. The van der Waals surface area contributed by atoms with Crippen molar-refractivity contribution in [2.24, 2.45) is 9.98 Å². The zero-order valence-electron chi connectivity index (χ0n) is 28.4. The van der Waals surface area contributed by atoms with Gasteiger partial charge in [-0.1, -0.05) is 96.1 Å². The molecule has 236 valence electrons. The van der Waals surface area contributed by atoms with Crippen LogP contribution in [-0.4, -0.2) is 11.4 Å². The first-order chi connectivity index (χ1) is 22.1. The van der Waals surface area contributed by atoms with Crippen molar-refractivity contribution in [1.82, 2.24) is 0 Å². The molecule has 0 fully saturated rings. The Balaban J connectivity index is 0.00000386. The molecule has 0 spiro atoms. The van der Waals surface area contributed by atoms with Gasteiger partial charge in [-0.05, 0) is 117 Å². The minimum Gasteiger partial charge on any atom is -0.245 e. The van der Waals surface area contributed by atoms with Crippen molar-refractivity contribution in [2.75, 3.05) is 0 Å². The van der Waals surface area contributed by atoms with E-state index in [0.717, 1.165) is 45.1 Å². The molecule has 0 radical (unpaired) electrons. The summed E-state index contributed by atoms with van der Waals surface area (Å²) in [5.41, 5.74) is 20.8. The molecule has 0 atom stereocenters. The second kappa shape index (κ2) is 12.6. The molecule has 3 heteroatoms. The molecule has 0 heterocycles. The zero-order valence-corrected chi connectivity index (χ0v) is 30.0. The van der Waals surface area contributed by atoms with Gasteiger partial charge in [0.25, 0.3) is 0 Å². The summed E-state index contributed by atoms with van der Waals surface area (Å²) in [7, 11) is 0. The monoisotopic (exact) mass is 702 g/mol. The van der Waals surface area contributed by atoms with Crippen LogP contribution in [0.5, 0.6) is 0 Å². The van der Waals surface area contributed by atoms with Crippen molar-refractivity contribution in [3.63, 3.8) is 0 Å². The number of benzene rings is 6. The molecule has 0 saturated carbocycles. The molecule has 0 unspecified atom stereocenters. The second-order valence-electron chi connectivity index (χ2n) is 13.1. The molecule has 1 aliphatic rings. The fourth-order valence-corrected chi connectivity index (χ4v) is 7.52. The van der Waals surface area contributed by atoms with Crippen LogP contribution in [0.2, 0.25) is 0 Å². The smallest absolute Gasteiger partial charge is 0.0979 e. The largest absolute Gasteiger partial charge is 0.245 e. The van der Waals surface area contributed by atoms with E-state index in [1.165, 1.54) is 66.4 Å². The van der Waals surface area contributed by atoms with Crippen LogP contribution in [0.4, 0.5) is 11.4 Å². The van der Waals surface area contributed by atoms with E-state index in [-0.39, 0.29) is 20.4 Å². The van der Waals surface area contributed by atoms with E-state index in [9.17, 15) is 0 Å². The van der Waals surface area contributed by atoms with Gasteiger partial charge in [-0.25, -0.2) is 9.98 Å². The van der Waals surface area contributed by atoms with Crippen molar-refractivity contribution in [3.8, 4) is 22.3 Å². The molecule has 0 saturated heterocycles. The quantitative estimate of drug-likeness (QED) is 0.163. The van der Waals surface area contributed by atoms with Gasteiger partial charge in [-0.2, -0.15) is 0 Å². The van der Waals surface area contributed by atoms with E-state index in [2.05, 4.69) is 152 Å². The van der Waals surface area contributed by atoms with Crippen LogP contribution in [0, 0.1) is 55.4 Å². The Kier molecular flexibility index (Phi) is 8.75. The fourth-order valence-electron chi connectivity index (χ4n) is 7.52. The first-order valence-electron chi connectivity index (χ1n) is 16.2. The zero-order chi connectivity index (χ0) is 32.3. The van der Waals surface area contributed by atoms with Crippen LogP contribution in [0.3, 0.4) is 0 Å². The number of rotatable bonds is 4. The summed E-state index contributed by atoms with van der Waals surface area (Å²) in [6, 6.07) is 35.3. The van der Waals surface area contributed by atoms with E-state index in [1.54, 1.807) is 0 Å². The van der Waals surface area contributed by atoms with Gasteiger partial charge in [0.1, 0.15) is 0 Å². The Bertz CT molecular complexity index is 2090. The number of aryl methyl sites for hydroxylation is 8. The molecule has 0 bridgehead atoms. The number of aliphatic imine (C=N–C) groups is 2. The van der Waals surface area contributed by atoms with Gasteiger partial charge in [0, 0.05) is 48.1 Å². The molecule has 0 amide bonds. The second-order valence-corrected chi connectivity index (χ2v) is 13.1. The molecular formula is C44H40N2Pd. The SMILES string of the molecule is Cc1cc(C)c(N=C2C(=Nc3c(C)cc(C)cc3-c3c(C)cccc3C)c3cccc4cccc2c34)c(-c2c(C)cccc2C)c1.[Pd]. The first kappa shape index (κ1) is 32.5. The average Bonchev–Trinajstić information content (AvgIpc) is 3.29. The third-order valence-electron chi connectivity index (χ3n) is 9.48. The van der Waals surface area contributed by atoms with E-state index in [1.807, 2.05) is 0 Å². The summed E-state index contributed by atoms with van der Waals surface area (Å²) in [5, 5.41) is 2.43. The molecule has 0 N–H and O–H groups in total. The van der Waals surface area contributed by atoms with Crippen LogP contribution in [0.15, 0.2) is 107 Å². The first-order valence-corrected chi connectivity index (χ1v) is 16.2. The van der Waals surface area contributed by atoms with E-state index >= 15 is 0 Å². The molecule has 2 nitrogen and oxygen atoms in total. The molecule has 7 rings (SSSR count). The fraction of sp³-hybridized carbons (Fsp3) is 0.182. The predicted molar refractivity (Wildman–Crippen MR) is 198 cm³/mol. The van der Waals surface area contributed by atoms with Crippen LogP contribution in [-0.2, 0) is 20.4 Å². The number of nitrogens with zero attached hydrogens (tertiary/aromatic N) is 2. The summed E-state index contributed by atoms with van der Waals surface area (Å²) in [6.45, 7) is 17.5. The summed E-state index contributed by atoms with van der Waals surface area (Å²) in [4.78, 5) is 11.3. The Labute approximate surface area is 293 Å². The Morgan fingerprint density at radius 1 is 0.383 bits per heavy atom. The summed E-state index contributed by atoms with van der Waals surface area (Å²) in [5.74, 6) is 0. The van der Waals surface area contributed by atoms with Gasteiger partial charge in [-0.15, -0.1) is 0 Å². The average molecular weight is 703 g/mol. The van der Waals surface area contributed by atoms with E-state index < -0.39 is 0 Å². The maximum atomic E-state index is 5.65. The summed E-state index contributed by atoms with van der Waals surface area (Å²) < 4.78 is 0. The van der Waals surface area contributed by atoms with Crippen molar-refractivity contribution < 1.29 is 20.4 Å². The van der Waals surface area contributed by atoms with Gasteiger partial charge in [0.15, 0.2) is 0 Å². The van der Waals surface area contributed by atoms with Gasteiger partial charge < -0.3 is 0 Å². The van der Waals surface area contributed by atoms with Crippen LogP contribution < -0.4 is 0 Å². The third-order valence-corrected chi connectivity index (χ3v) is 9.48. The topological polar surface area (TPSA) is 24.7 Å². The van der Waals surface area contributed by atoms with Gasteiger partial charge in [0.05, 0.1) is 22.8 Å². The maximum absolute atomic E-state index is 5.65. The molecule has 0 aromatic heterocycles. The Morgan fingerprint density at radius 2 is 0.745 bits per heavy atom. The van der Waals surface area contributed by atoms with Crippen LogP contribution in [0.25, 0.3) is 33.0 Å². The van der Waals surface area contributed by atoms with Gasteiger partial charge >= 0.3 is 0 Å². The van der Waals surface area contributed by atoms with Crippen molar-refractivity contribution in [1.29, 1.82) is 0 Å². The maximum Gasteiger partial charge on any atom is 0.0979 e. The molecule has 47 heavy (non-hydrogen) atoms. The predicted octanol–water partition coefficient (Wildman–Crippen LogP) is 11.9. The summed E-state index contributed by atoms with van der Waals surface area (Å²) >= 11 is 0. The van der Waals surface area contributed by atoms with E-state index in [0.29, 0.717) is 0 Å². The van der Waals surface area contributed by atoms with Gasteiger partial charge in [0.2, 0.25) is 0 Å². The molecule has 6 aromatic carbocycles. The van der Waals surface area contributed by atoms with Crippen LogP contribution >= 0.6 is 0 Å². The van der Waals surface area contributed by atoms with Crippen molar-refractivity contribution in [2.45, 2.75) is 55.4 Å². The summed E-state index contributed by atoms with van der Waals surface area (Å²) in [6.07, 6.45) is 0. The van der Waals surface area contributed by atoms with Crippen molar-refractivity contribution in [3.05, 3.63) is 153 Å². The standard InChI is InChI=1S/C44H40N2.Pd/c1-25-21-31(7)41(36(23-25)38-27(3)13-9-14-28(38)4)45-43-34-19-11-17-33-18-12-20-35(40(33)34)44(43)46-42-32(8)22-26(2)24-37(42)39-29(5)15-10-16-30(39)6;/h9-24H,1-8H3;. The molecule has 6 aromatic rings. The minimum absolute atomic E-state index is 0. The Morgan fingerprint density at radius 3 is 1.13 bits per heavy atom. The normalized spacial score (nSPS) is 13.9. The molecule has 1 aliphatic carbocycles. The van der Waals surface area contributed by atoms with Crippen molar-refractivity contribution >= 4 is 33.6 Å². The van der Waals surface area contributed by atoms with Gasteiger partial charge in [-0.3, -0.25) is 0 Å². The minimum atomic E-state index is 0. The third kappa shape index (κ3) is 5.63. The number of hydrogen-bond donors (Lipinski definition) is 0. The van der Waals surface area contributed by atoms with E-state index in [4.69, 9.17) is 9.98 Å². The number of hydrogen-bond acceptors (Lipinski definition) is 2. The molecular weight excluding hydrogens is 663 g/mol. The molecule has 0 aliphatic heterocycles.